The van der Waals surface area contributed by atoms with E-state index in [-0.39, 0.29) is 0 Å². The molecule has 3 rings (SSSR count). The standard InChI is InChI=1S/C15H16N4/c1-3-13-14(10-19(2)18-13)17-15-12-7-5-4-6-11(12)8-9-16-15/h4-10H,3H2,1-2H3,(H,16,17). The SMILES string of the molecule is CCc1nn(C)cc1Nc1nccc2ccccc12. The van der Waals surface area contributed by atoms with Gasteiger partial charge in [-0.15, -0.1) is 0 Å². The van der Waals surface area contributed by atoms with Gasteiger partial charge in [-0.1, -0.05) is 31.2 Å². The number of pyridine rings is 1. The molecule has 0 radical (unpaired) electrons. The molecule has 4 heteroatoms. The summed E-state index contributed by atoms with van der Waals surface area (Å²) in [6, 6.07) is 10.2. The molecule has 19 heavy (non-hydrogen) atoms. The Balaban J connectivity index is 2.05. The molecule has 0 atom stereocenters. The number of fused-ring (bicyclic) bond motifs is 1. The van der Waals surface area contributed by atoms with Crippen LogP contribution in [0.5, 0.6) is 0 Å². The molecule has 4 nitrogen and oxygen atoms in total. The number of aromatic nitrogens is 3. The zero-order valence-electron chi connectivity index (χ0n) is 11.1. The van der Waals surface area contributed by atoms with Crippen LogP contribution in [0, 0.1) is 0 Å². The van der Waals surface area contributed by atoms with Gasteiger partial charge in [-0.3, -0.25) is 4.68 Å². The van der Waals surface area contributed by atoms with E-state index < -0.39 is 0 Å². The Hall–Kier alpha value is -2.36. The molecule has 0 aliphatic carbocycles. The Morgan fingerprint density at radius 1 is 1.21 bits per heavy atom. The monoisotopic (exact) mass is 252 g/mol. The third kappa shape index (κ3) is 2.17. The average molecular weight is 252 g/mol. The minimum absolute atomic E-state index is 0.876. The zero-order valence-corrected chi connectivity index (χ0v) is 11.1. The molecule has 1 aromatic carbocycles. The average Bonchev–Trinajstić information content (AvgIpc) is 2.79. The molecule has 96 valence electrons. The summed E-state index contributed by atoms with van der Waals surface area (Å²) in [6.45, 7) is 2.10. The van der Waals surface area contributed by atoms with Gasteiger partial charge in [0.2, 0.25) is 0 Å². The molecular weight excluding hydrogens is 236 g/mol. The predicted octanol–water partition coefficient (Wildman–Crippen LogP) is 3.27. The molecule has 0 amide bonds. The van der Waals surface area contributed by atoms with Crippen molar-refractivity contribution in [1.29, 1.82) is 0 Å². The number of anilines is 2. The first-order chi connectivity index (χ1) is 9.28. The molecule has 0 saturated carbocycles. The lowest BCUT2D eigenvalue weighted by Crippen LogP contribution is -1.96. The lowest BCUT2D eigenvalue weighted by atomic mass is 10.1. The van der Waals surface area contributed by atoms with Crippen LogP contribution in [-0.4, -0.2) is 14.8 Å². The van der Waals surface area contributed by atoms with Gasteiger partial charge < -0.3 is 5.32 Å². The van der Waals surface area contributed by atoms with Crippen LogP contribution in [0.25, 0.3) is 10.8 Å². The van der Waals surface area contributed by atoms with Gasteiger partial charge in [-0.2, -0.15) is 5.10 Å². The fourth-order valence-corrected chi connectivity index (χ4v) is 2.25. The van der Waals surface area contributed by atoms with Gasteiger partial charge in [0.15, 0.2) is 0 Å². The number of hydrogen-bond donors (Lipinski definition) is 1. The highest BCUT2D eigenvalue weighted by molar-refractivity contribution is 5.93. The quantitative estimate of drug-likeness (QED) is 0.778. The molecule has 0 bridgehead atoms. The fraction of sp³-hybridized carbons (Fsp3) is 0.200. The Morgan fingerprint density at radius 2 is 2.05 bits per heavy atom. The maximum Gasteiger partial charge on any atom is 0.138 e. The van der Waals surface area contributed by atoms with Crippen LogP contribution >= 0.6 is 0 Å². The van der Waals surface area contributed by atoms with E-state index in [1.807, 2.05) is 42.3 Å². The summed E-state index contributed by atoms with van der Waals surface area (Å²) in [5.74, 6) is 0.876. The Morgan fingerprint density at radius 3 is 2.89 bits per heavy atom. The second-order valence-corrected chi connectivity index (χ2v) is 4.52. The molecular formula is C15H16N4. The summed E-state index contributed by atoms with van der Waals surface area (Å²) >= 11 is 0. The zero-order chi connectivity index (χ0) is 13.2. The van der Waals surface area contributed by atoms with Gasteiger partial charge in [-0.05, 0) is 17.9 Å². The number of nitrogens with one attached hydrogen (secondary N) is 1. The van der Waals surface area contributed by atoms with E-state index in [4.69, 9.17) is 0 Å². The van der Waals surface area contributed by atoms with Crippen LogP contribution in [0.4, 0.5) is 11.5 Å². The van der Waals surface area contributed by atoms with Gasteiger partial charge in [0.1, 0.15) is 5.82 Å². The first kappa shape index (κ1) is 11.7. The number of aryl methyl sites for hydroxylation is 2. The van der Waals surface area contributed by atoms with E-state index in [1.165, 1.54) is 5.39 Å². The van der Waals surface area contributed by atoms with Crippen molar-refractivity contribution in [2.45, 2.75) is 13.3 Å². The normalized spacial score (nSPS) is 10.8. The third-order valence-corrected chi connectivity index (χ3v) is 3.17. The number of rotatable bonds is 3. The van der Waals surface area contributed by atoms with Crippen LogP contribution in [0.1, 0.15) is 12.6 Å². The van der Waals surface area contributed by atoms with Crippen molar-refractivity contribution < 1.29 is 0 Å². The van der Waals surface area contributed by atoms with Gasteiger partial charge in [0.05, 0.1) is 11.4 Å². The van der Waals surface area contributed by atoms with Crippen molar-refractivity contribution in [2.24, 2.45) is 7.05 Å². The van der Waals surface area contributed by atoms with Gasteiger partial charge >= 0.3 is 0 Å². The Labute approximate surface area is 112 Å². The van der Waals surface area contributed by atoms with Gasteiger partial charge in [-0.25, -0.2) is 4.98 Å². The molecule has 2 aromatic heterocycles. The molecule has 1 N–H and O–H groups in total. The molecule has 0 unspecified atom stereocenters. The molecule has 0 saturated heterocycles. The van der Waals surface area contributed by atoms with Crippen molar-refractivity contribution in [3.63, 3.8) is 0 Å². The van der Waals surface area contributed by atoms with Crippen LogP contribution in [0.15, 0.2) is 42.7 Å². The summed E-state index contributed by atoms with van der Waals surface area (Å²) in [4.78, 5) is 4.44. The van der Waals surface area contributed by atoms with E-state index in [9.17, 15) is 0 Å². The van der Waals surface area contributed by atoms with Crippen LogP contribution in [0.2, 0.25) is 0 Å². The minimum atomic E-state index is 0.876. The maximum atomic E-state index is 4.44. The molecule has 0 fully saturated rings. The van der Waals surface area contributed by atoms with E-state index in [0.29, 0.717) is 0 Å². The maximum absolute atomic E-state index is 4.44. The molecule has 0 aliphatic rings. The van der Waals surface area contributed by atoms with Crippen molar-refractivity contribution >= 4 is 22.3 Å². The van der Waals surface area contributed by atoms with Crippen LogP contribution < -0.4 is 5.32 Å². The van der Waals surface area contributed by atoms with E-state index in [1.54, 1.807) is 0 Å². The smallest absolute Gasteiger partial charge is 0.138 e. The van der Waals surface area contributed by atoms with Gasteiger partial charge in [0, 0.05) is 24.8 Å². The van der Waals surface area contributed by atoms with E-state index >= 15 is 0 Å². The Bertz CT molecular complexity index is 710. The van der Waals surface area contributed by atoms with Crippen LogP contribution in [0.3, 0.4) is 0 Å². The van der Waals surface area contributed by atoms with Crippen molar-refractivity contribution in [1.82, 2.24) is 14.8 Å². The van der Waals surface area contributed by atoms with Crippen LogP contribution in [-0.2, 0) is 13.5 Å². The molecule has 2 heterocycles. The Kier molecular flexibility index (Phi) is 2.91. The first-order valence-electron chi connectivity index (χ1n) is 6.41. The highest BCUT2D eigenvalue weighted by Gasteiger charge is 2.08. The fourth-order valence-electron chi connectivity index (χ4n) is 2.25. The first-order valence-corrected chi connectivity index (χ1v) is 6.41. The number of benzene rings is 1. The molecule has 0 spiro atoms. The van der Waals surface area contributed by atoms with Crippen molar-refractivity contribution in [3.8, 4) is 0 Å². The lowest BCUT2D eigenvalue weighted by molar-refractivity contribution is 0.746. The van der Waals surface area contributed by atoms with E-state index in [2.05, 4.69) is 34.5 Å². The number of nitrogens with zero attached hydrogens (tertiary/aromatic N) is 3. The highest BCUT2D eigenvalue weighted by Crippen LogP contribution is 2.25. The second-order valence-electron chi connectivity index (χ2n) is 4.52. The summed E-state index contributed by atoms with van der Waals surface area (Å²) in [7, 11) is 1.93. The molecule has 3 aromatic rings. The van der Waals surface area contributed by atoms with Crippen molar-refractivity contribution in [2.75, 3.05) is 5.32 Å². The topological polar surface area (TPSA) is 42.7 Å². The summed E-state index contributed by atoms with van der Waals surface area (Å²) in [5, 5.41) is 10.1. The third-order valence-electron chi connectivity index (χ3n) is 3.17. The summed E-state index contributed by atoms with van der Waals surface area (Å²) in [5.41, 5.74) is 2.08. The summed E-state index contributed by atoms with van der Waals surface area (Å²) < 4.78 is 1.83. The van der Waals surface area contributed by atoms with E-state index in [0.717, 1.165) is 29.0 Å². The minimum Gasteiger partial charge on any atom is -0.337 e. The highest BCUT2D eigenvalue weighted by atomic mass is 15.3. The van der Waals surface area contributed by atoms with Crippen molar-refractivity contribution in [3.05, 3.63) is 48.4 Å². The lowest BCUT2D eigenvalue weighted by Gasteiger charge is -2.07. The number of hydrogen-bond acceptors (Lipinski definition) is 3. The predicted molar refractivity (Wildman–Crippen MR) is 77.6 cm³/mol. The van der Waals surface area contributed by atoms with Gasteiger partial charge in [0.25, 0.3) is 0 Å². The molecule has 0 aliphatic heterocycles. The largest absolute Gasteiger partial charge is 0.337 e. The summed E-state index contributed by atoms with van der Waals surface area (Å²) in [6.07, 6.45) is 4.71. The second kappa shape index (κ2) is 4.72.